The normalized spacial score (nSPS) is 28.9. The maximum atomic E-state index is 12.3. The summed E-state index contributed by atoms with van der Waals surface area (Å²) in [5.41, 5.74) is 0. The number of carboxylic acids is 1. The number of hydrogen-bond acceptors (Lipinski definition) is 3. The summed E-state index contributed by atoms with van der Waals surface area (Å²) in [5.74, 6) is -1.24. The average molecular weight is 304 g/mol. The molecule has 0 saturated heterocycles. The number of aliphatic carboxylic acids is 1. The first-order valence-electron chi connectivity index (χ1n) is 7.38. The summed E-state index contributed by atoms with van der Waals surface area (Å²) < 4.78 is 28.8. The number of nitrogens with one attached hydrogen (secondary N) is 1. The zero-order valence-corrected chi connectivity index (χ0v) is 12.7. The molecule has 2 unspecified atom stereocenters. The van der Waals surface area contributed by atoms with E-state index in [4.69, 9.17) is 5.11 Å². The zero-order chi connectivity index (χ0) is 14.8. The molecule has 0 aromatic rings. The monoisotopic (exact) mass is 304 g/mol. The maximum Gasteiger partial charge on any atom is 0.306 e. The van der Waals surface area contributed by atoms with Crippen LogP contribution in [-0.4, -0.2) is 42.9 Å². The molecule has 0 amide bonds. The Kier molecular flexibility index (Phi) is 5.04. The minimum Gasteiger partial charge on any atom is -0.481 e. The van der Waals surface area contributed by atoms with Crippen LogP contribution in [0.4, 0.5) is 0 Å². The standard InChI is InChI=1S/C13H24N2O4S/c1-15(12-5-3-2-4-6-12)20(18,19)14-11-8-7-10(9-11)13(16)17/h10-12,14H,2-9H2,1H3,(H,16,17). The predicted molar refractivity (Wildman–Crippen MR) is 75.5 cm³/mol. The van der Waals surface area contributed by atoms with Gasteiger partial charge in [0.2, 0.25) is 0 Å². The molecule has 20 heavy (non-hydrogen) atoms. The number of carbonyl (C=O) groups is 1. The van der Waals surface area contributed by atoms with Crippen LogP contribution in [0.15, 0.2) is 0 Å². The minimum atomic E-state index is -3.50. The average Bonchev–Trinajstić information content (AvgIpc) is 2.87. The van der Waals surface area contributed by atoms with E-state index in [-0.39, 0.29) is 12.1 Å². The summed E-state index contributed by atoms with van der Waals surface area (Å²) in [7, 11) is -1.88. The van der Waals surface area contributed by atoms with Crippen LogP contribution in [0.25, 0.3) is 0 Å². The van der Waals surface area contributed by atoms with Crippen molar-refractivity contribution in [2.75, 3.05) is 7.05 Å². The van der Waals surface area contributed by atoms with Crippen LogP contribution < -0.4 is 4.72 Å². The van der Waals surface area contributed by atoms with Gasteiger partial charge >= 0.3 is 5.97 Å². The Morgan fingerprint density at radius 1 is 1.15 bits per heavy atom. The summed E-state index contributed by atoms with van der Waals surface area (Å²) in [6.07, 6.45) is 6.72. The zero-order valence-electron chi connectivity index (χ0n) is 11.9. The SMILES string of the molecule is CN(C1CCCCC1)S(=O)(=O)NC1CCC(C(=O)O)C1. The molecule has 0 aliphatic heterocycles. The molecule has 0 spiro atoms. The Morgan fingerprint density at radius 2 is 1.80 bits per heavy atom. The van der Waals surface area contributed by atoms with Crippen LogP contribution in [0.2, 0.25) is 0 Å². The number of carboxylic acid groups (broad SMARTS) is 1. The third-order valence-electron chi connectivity index (χ3n) is 4.57. The van der Waals surface area contributed by atoms with E-state index < -0.39 is 22.1 Å². The van der Waals surface area contributed by atoms with Gasteiger partial charge in [0.25, 0.3) is 10.2 Å². The second kappa shape index (κ2) is 6.41. The van der Waals surface area contributed by atoms with Crippen molar-refractivity contribution >= 4 is 16.2 Å². The minimum absolute atomic E-state index is 0.0814. The first kappa shape index (κ1) is 15.7. The van der Waals surface area contributed by atoms with Crippen molar-refractivity contribution in [3.8, 4) is 0 Å². The predicted octanol–water partition coefficient (Wildman–Crippen LogP) is 1.34. The number of rotatable bonds is 5. The van der Waals surface area contributed by atoms with Gasteiger partial charge in [-0.25, -0.2) is 0 Å². The summed E-state index contributed by atoms with van der Waals surface area (Å²) in [6.45, 7) is 0. The molecular weight excluding hydrogens is 280 g/mol. The van der Waals surface area contributed by atoms with Crippen molar-refractivity contribution in [1.82, 2.24) is 9.03 Å². The van der Waals surface area contributed by atoms with E-state index >= 15 is 0 Å². The van der Waals surface area contributed by atoms with Gasteiger partial charge in [-0.2, -0.15) is 17.4 Å². The second-order valence-corrected chi connectivity index (χ2v) is 7.74. The Balaban J connectivity index is 1.92. The lowest BCUT2D eigenvalue weighted by molar-refractivity contribution is -0.141. The Morgan fingerprint density at radius 3 is 2.35 bits per heavy atom. The fourth-order valence-electron chi connectivity index (χ4n) is 3.25. The van der Waals surface area contributed by atoms with Gasteiger partial charge in [0, 0.05) is 19.1 Å². The highest BCUT2D eigenvalue weighted by Crippen LogP contribution is 2.28. The number of hydrogen-bond donors (Lipinski definition) is 2. The van der Waals surface area contributed by atoms with E-state index in [1.54, 1.807) is 7.05 Å². The molecule has 6 nitrogen and oxygen atoms in total. The van der Waals surface area contributed by atoms with E-state index in [0.29, 0.717) is 19.3 Å². The quantitative estimate of drug-likeness (QED) is 0.802. The molecule has 2 N–H and O–H groups in total. The van der Waals surface area contributed by atoms with Crippen molar-refractivity contribution < 1.29 is 18.3 Å². The highest BCUT2D eigenvalue weighted by Gasteiger charge is 2.34. The third-order valence-corrected chi connectivity index (χ3v) is 6.25. The smallest absolute Gasteiger partial charge is 0.306 e. The molecular formula is C13H24N2O4S. The van der Waals surface area contributed by atoms with Gasteiger partial charge in [-0.15, -0.1) is 0 Å². The van der Waals surface area contributed by atoms with E-state index in [0.717, 1.165) is 25.7 Å². The molecule has 2 rings (SSSR count). The van der Waals surface area contributed by atoms with Crippen molar-refractivity contribution in [2.45, 2.75) is 63.5 Å². The summed E-state index contributed by atoms with van der Waals surface area (Å²) >= 11 is 0. The van der Waals surface area contributed by atoms with Gasteiger partial charge in [-0.3, -0.25) is 4.79 Å². The lowest BCUT2D eigenvalue weighted by Gasteiger charge is -2.31. The van der Waals surface area contributed by atoms with Gasteiger partial charge in [-0.1, -0.05) is 19.3 Å². The summed E-state index contributed by atoms with van der Waals surface area (Å²) in [6, 6.07) is -0.162. The highest BCUT2D eigenvalue weighted by molar-refractivity contribution is 7.87. The number of nitrogens with zero attached hydrogens (tertiary/aromatic N) is 1. The Bertz CT molecular complexity index is 445. The van der Waals surface area contributed by atoms with Crippen LogP contribution in [0.5, 0.6) is 0 Å². The van der Waals surface area contributed by atoms with Gasteiger partial charge in [-0.05, 0) is 32.1 Å². The van der Waals surface area contributed by atoms with E-state index in [1.807, 2.05) is 0 Å². The van der Waals surface area contributed by atoms with Gasteiger partial charge in [0.05, 0.1) is 5.92 Å². The molecule has 2 fully saturated rings. The lowest BCUT2D eigenvalue weighted by atomic mass is 9.96. The lowest BCUT2D eigenvalue weighted by Crippen LogP contribution is -2.47. The molecule has 0 radical (unpaired) electrons. The molecule has 0 aromatic heterocycles. The van der Waals surface area contributed by atoms with E-state index in [1.165, 1.54) is 10.7 Å². The molecule has 0 bridgehead atoms. The van der Waals surface area contributed by atoms with Crippen molar-refractivity contribution in [3.05, 3.63) is 0 Å². The van der Waals surface area contributed by atoms with Gasteiger partial charge in [0.1, 0.15) is 0 Å². The van der Waals surface area contributed by atoms with Crippen LogP contribution >= 0.6 is 0 Å². The largest absolute Gasteiger partial charge is 0.481 e. The van der Waals surface area contributed by atoms with Crippen molar-refractivity contribution in [2.24, 2.45) is 5.92 Å². The van der Waals surface area contributed by atoms with Crippen LogP contribution in [0.3, 0.4) is 0 Å². The van der Waals surface area contributed by atoms with Gasteiger partial charge < -0.3 is 5.11 Å². The topological polar surface area (TPSA) is 86.7 Å². The molecule has 0 heterocycles. The third kappa shape index (κ3) is 3.71. The Labute approximate surface area is 120 Å². The molecule has 2 atom stereocenters. The molecule has 116 valence electrons. The molecule has 0 aromatic carbocycles. The summed E-state index contributed by atoms with van der Waals surface area (Å²) in [5, 5.41) is 8.95. The summed E-state index contributed by atoms with van der Waals surface area (Å²) in [4.78, 5) is 10.9. The molecule has 2 aliphatic carbocycles. The van der Waals surface area contributed by atoms with Crippen molar-refractivity contribution in [3.63, 3.8) is 0 Å². The maximum absolute atomic E-state index is 12.3. The first-order chi connectivity index (χ1) is 9.40. The fourth-order valence-corrected chi connectivity index (χ4v) is 4.65. The Hall–Kier alpha value is -0.660. The van der Waals surface area contributed by atoms with Crippen molar-refractivity contribution in [1.29, 1.82) is 0 Å². The van der Waals surface area contributed by atoms with Crippen LogP contribution in [-0.2, 0) is 15.0 Å². The fraction of sp³-hybridized carbons (Fsp3) is 0.923. The van der Waals surface area contributed by atoms with E-state index in [2.05, 4.69) is 4.72 Å². The van der Waals surface area contributed by atoms with Crippen LogP contribution in [0, 0.1) is 5.92 Å². The van der Waals surface area contributed by atoms with Gasteiger partial charge in [0.15, 0.2) is 0 Å². The first-order valence-corrected chi connectivity index (χ1v) is 8.82. The molecule has 2 saturated carbocycles. The van der Waals surface area contributed by atoms with Crippen LogP contribution in [0.1, 0.15) is 51.4 Å². The van der Waals surface area contributed by atoms with E-state index in [9.17, 15) is 13.2 Å². The molecule has 7 heteroatoms. The molecule has 2 aliphatic rings. The highest BCUT2D eigenvalue weighted by atomic mass is 32.2. The second-order valence-electron chi connectivity index (χ2n) is 5.98.